The molecule has 4 heteroatoms. The Balaban J connectivity index is 1.61. The number of nitrogens with two attached hydrogens (primary N) is 1. The number of fused-ring (bicyclic) bond motifs is 1. The molecule has 0 saturated heterocycles. The number of nitrogens with one attached hydrogen (secondary N) is 1. The van der Waals surface area contributed by atoms with Gasteiger partial charge in [0.1, 0.15) is 0 Å². The highest BCUT2D eigenvalue weighted by Gasteiger charge is 2.27. The predicted octanol–water partition coefficient (Wildman–Crippen LogP) is 3.24. The van der Waals surface area contributed by atoms with Gasteiger partial charge in [-0.05, 0) is 34.6 Å². The van der Waals surface area contributed by atoms with E-state index < -0.39 is 6.10 Å². The van der Waals surface area contributed by atoms with E-state index in [9.17, 15) is 4.79 Å². The van der Waals surface area contributed by atoms with Crippen molar-refractivity contribution in [2.75, 3.05) is 13.2 Å². The van der Waals surface area contributed by atoms with Crippen molar-refractivity contribution < 1.29 is 9.53 Å². The van der Waals surface area contributed by atoms with Gasteiger partial charge in [0.15, 0.2) is 6.10 Å². The van der Waals surface area contributed by atoms with Crippen LogP contribution in [0.25, 0.3) is 0 Å². The summed E-state index contributed by atoms with van der Waals surface area (Å²) in [7, 11) is 0. The molecule has 0 radical (unpaired) electrons. The monoisotopic (exact) mass is 338 g/mol. The van der Waals surface area contributed by atoms with Crippen molar-refractivity contribution in [3.05, 3.63) is 70.8 Å². The van der Waals surface area contributed by atoms with Crippen LogP contribution in [0.4, 0.5) is 0 Å². The molecule has 0 spiro atoms. The number of hydrogen-bond acceptors (Lipinski definition) is 3. The fraction of sp³-hybridized carbons (Fsp3) is 0.381. The Bertz CT molecular complexity index is 725. The van der Waals surface area contributed by atoms with Crippen LogP contribution in [0.15, 0.2) is 48.5 Å². The topological polar surface area (TPSA) is 64.3 Å². The molecule has 2 aromatic rings. The number of carbonyl (C=O) groups excluding carboxylic acids is 1. The minimum Gasteiger partial charge on any atom is -0.363 e. The second-order valence-corrected chi connectivity index (χ2v) is 6.87. The first kappa shape index (κ1) is 17.6. The minimum atomic E-state index is -0.541. The van der Waals surface area contributed by atoms with Gasteiger partial charge in [-0.1, -0.05) is 62.4 Å². The second-order valence-electron chi connectivity index (χ2n) is 6.87. The summed E-state index contributed by atoms with van der Waals surface area (Å²) in [5, 5.41) is 2.94. The van der Waals surface area contributed by atoms with Crippen LogP contribution in [0.5, 0.6) is 0 Å². The Hall–Kier alpha value is -2.17. The number of carbonyl (C=O) groups is 1. The van der Waals surface area contributed by atoms with Gasteiger partial charge < -0.3 is 15.8 Å². The number of ether oxygens (including phenoxy) is 1. The Morgan fingerprint density at radius 2 is 1.84 bits per heavy atom. The molecule has 1 amide bonds. The van der Waals surface area contributed by atoms with Crippen LogP contribution in [0, 0.1) is 0 Å². The quantitative estimate of drug-likeness (QED) is 0.880. The largest absolute Gasteiger partial charge is 0.363 e. The molecule has 0 fully saturated rings. The molecule has 0 aliphatic carbocycles. The maximum Gasteiger partial charge on any atom is 0.253 e. The molecule has 2 atom stereocenters. The van der Waals surface area contributed by atoms with E-state index in [1.165, 1.54) is 11.1 Å². The summed E-state index contributed by atoms with van der Waals surface area (Å²) >= 11 is 0. The van der Waals surface area contributed by atoms with E-state index in [0.717, 1.165) is 17.5 Å². The van der Waals surface area contributed by atoms with Crippen molar-refractivity contribution in [2.24, 2.45) is 5.73 Å². The van der Waals surface area contributed by atoms with Crippen molar-refractivity contribution in [3.8, 4) is 0 Å². The van der Waals surface area contributed by atoms with E-state index in [-0.39, 0.29) is 11.9 Å². The molecule has 3 N–H and O–H groups in total. The lowest BCUT2D eigenvalue weighted by Gasteiger charge is -2.25. The van der Waals surface area contributed by atoms with Gasteiger partial charge in [0, 0.05) is 12.6 Å². The van der Waals surface area contributed by atoms with E-state index in [1.807, 2.05) is 30.3 Å². The van der Waals surface area contributed by atoms with Crippen LogP contribution in [0.3, 0.4) is 0 Å². The predicted molar refractivity (Wildman–Crippen MR) is 99.3 cm³/mol. The van der Waals surface area contributed by atoms with Crippen molar-refractivity contribution in [3.63, 3.8) is 0 Å². The SMILES string of the molecule is CC(C)c1ccc(C(N)CNC(=O)C2OCCc3ccccc32)cc1. The minimum absolute atomic E-state index is 0.124. The first-order chi connectivity index (χ1) is 12.1. The normalized spacial score (nSPS) is 17.8. The molecule has 1 aliphatic rings. The van der Waals surface area contributed by atoms with Gasteiger partial charge in [-0.3, -0.25) is 4.79 Å². The van der Waals surface area contributed by atoms with Gasteiger partial charge in [-0.2, -0.15) is 0 Å². The number of rotatable bonds is 5. The van der Waals surface area contributed by atoms with Crippen molar-refractivity contribution in [1.29, 1.82) is 0 Å². The molecule has 3 rings (SSSR count). The van der Waals surface area contributed by atoms with E-state index in [4.69, 9.17) is 10.5 Å². The molecule has 0 aromatic heterocycles. The van der Waals surface area contributed by atoms with Crippen LogP contribution < -0.4 is 11.1 Å². The third kappa shape index (κ3) is 4.09. The molecular weight excluding hydrogens is 312 g/mol. The summed E-state index contributed by atoms with van der Waals surface area (Å²) in [5.41, 5.74) is 10.7. The van der Waals surface area contributed by atoms with Gasteiger partial charge in [0.05, 0.1) is 6.61 Å². The van der Waals surface area contributed by atoms with Gasteiger partial charge in [0.2, 0.25) is 0 Å². The molecule has 1 aliphatic heterocycles. The summed E-state index contributed by atoms with van der Waals surface area (Å²) in [6.45, 7) is 5.29. The lowest BCUT2D eigenvalue weighted by atomic mass is 9.97. The van der Waals surface area contributed by atoms with Gasteiger partial charge in [-0.15, -0.1) is 0 Å². The first-order valence-corrected chi connectivity index (χ1v) is 8.89. The zero-order valence-corrected chi connectivity index (χ0v) is 14.9. The molecule has 132 valence electrons. The van der Waals surface area contributed by atoms with Crippen molar-refractivity contribution in [1.82, 2.24) is 5.32 Å². The number of hydrogen-bond donors (Lipinski definition) is 2. The van der Waals surface area contributed by atoms with E-state index in [2.05, 4.69) is 37.4 Å². The third-order valence-electron chi connectivity index (χ3n) is 4.76. The summed E-state index contributed by atoms with van der Waals surface area (Å²) in [6, 6.07) is 16.0. The summed E-state index contributed by atoms with van der Waals surface area (Å²) in [6.07, 6.45) is 0.308. The van der Waals surface area contributed by atoms with Crippen molar-refractivity contribution >= 4 is 5.91 Å². The first-order valence-electron chi connectivity index (χ1n) is 8.89. The average molecular weight is 338 g/mol. The summed E-state index contributed by atoms with van der Waals surface area (Å²) in [4.78, 5) is 12.5. The smallest absolute Gasteiger partial charge is 0.253 e. The zero-order valence-electron chi connectivity index (χ0n) is 14.9. The van der Waals surface area contributed by atoms with E-state index >= 15 is 0 Å². The van der Waals surface area contributed by atoms with Crippen LogP contribution >= 0.6 is 0 Å². The van der Waals surface area contributed by atoms with Crippen LogP contribution in [0.1, 0.15) is 54.2 Å². The molecule has 4 nitrogen and oxygen atoms in total. The lowest BCUT2D eigenvalue weighted by molar-refractivity contribution is -0.134. The Labute approximate surface area is 149 Å². The Kier molecular flexibility index (Phi) is 5.51. The maximum absolute atomic E-state index is 12.5. The van der Waals surface area contributed by atoms with E-state index in [0.29, 0.717) is 19.1 Å². The molecular formula is C21H26N2O2. The zero-order chi connectivity index (χ0) is 17.8. The molecule has 0 saturated carbocycles. The summed E-state index contributed by atoms with van der Waals surface area (Å²) in [5.74, 6) is 0.370. The fourth-order valence-electron chi connectivity index (χ4n) is 3.16. The molecule has 0 bridgehead atoms. The maximum atomic E-state index is 12.5. The highest BCUT2D eigenvalue weighted by atomic mass is 16.5. The molecule has 25 heavy (non-hydrogen) atoms. The number of benzene rings is 2. The van der Waals surface area contributed by atoms with Crippen LogP contribution in [-0.4, -0.2) is 19.1 Å². The third-order valence-corrected chi connectivity index (χ3v) is 4.76. The fourth-order valence-corrected chi connectivity index (χ4v) is 3.16. The van der Waals surface area contributed by atoms with Crippen molar-refractivity contribution in [2.45, 2.75) is 38.3 Å². The van der Waals surface area contributed by atoms with Crippen LogP contribution in [-0.2, 0) is 16.0 Å². The summed E-state index contributed by atoms with van der Waals surface area (Å²) < 4.78 is 5.69. The average Bonchev–Trinajstić information content (AvgIpc) is 2.65. The Morgan fingerprint density at radius 3 is 2.56 bits per heavy atom. The van der Waals surface area contributed by atoms with Gasteiger partial charge in [0.25, 0.3) is 5.91 Å². The Morgan fingerprint density at radius 1 is 1.16 bits per heavy atom. The van der Waals surface area contributed by atoms with Crippen LogP contribution in [0.2, 0.25) is 0 Å². The lowest BCUT2D eigenvalue weighted by Crippen LogP contribution is -2.37. The van der Waals surface area contributed by atoms with E-state index in [1.54, 1.807) is 0 Å². The number of amides is 1. The van der Waals surface area contributed by atoms with Gasteiger partial charge in [-0.25, -0.2) is 0 Å². The highest BCUT2D eigenvalue weighted by Crippen LogP contribution is 2.27. The van der Waals surface area contributed by atoms with Gasteiger partial charge >= 0.3 is 0 Å². The highest BCUT2D eigenvalue weighted by molar-refractivity contribution is 5.82. The molecule has 2 unspecified atom stereocenters. The molecule has 2 aromatic carbocycles. The standard InChI is InChI=1S/C21H26N2O2/c1-14(2)15-7-9-17(10-8-15)19(22)13-23-21(24)20-18-6-4-3-5-16(18)11-12-25-20/h3-10,14,19-20H,11-13,22H2,1-2H3,(H,23,24). The molecule has 1 heterocycles. The second kappa shape index (κ2) is 7.81.